The number of hydrogen-bond donors (Lipinski definition) is 1. The average molecular weight is 280 g/mol. The summed E-state index contributed by atoms with van der Waals surface area (Å²) in [7, 11) is 1.84. The Labute approximate surface area is 117 Å². The third-order valence-corrected chi connectivity index (χ3v) is 4.48. The molecular weight excluding hydrogens is 260 g/mol. The molecule has 104 valence electrons. The third-order valence-electron chi connectivity index (χ3n) is 3.46. The molecule has 1 fully saturated rings. The van der Waals surface area contributed by atoms with Crippen LogP contribution in [0.4, 0.5) is 0 Å². The van der Waals surface area contributed by atoms with E-state index in [1.165, 1.54) is 12.8 Å². The van der Waals surface area contributed by atoms with E-state index in [1.807, 2.05) is 18.7 Å². The van der Waals surface area contributed by atoms with Crippen molar-refractivity contribution in [3.05, 3.63) is 0 Å². The molecule has 19 heavy (non-hydrogen) atoms. The summed E-state index contributed by atoms with van der Waals surface area (Å²) in [6.07, 6.45) is 5.36. The van der Waals surface area contributed by atoms with Crippen molar-refractivity contribution < 1.29 is 0 Å². The van der Waals surface area contributed by atoms with Crippen molar-refractivity contribution >= 4 is 11.8 Å². The maximum atomic E-state index is 9.05. The summed E-state index contributed by atoms with van der Waals surface area (Å²) < 4.78 is 1.94. The number of unbranched alkanes of at least 4 members (excludes halogenated alkanes) is 1. The first-order chi connectivity index (χ1) is 9.18. The van der Waals surface area contributed by atoms with E-state index in [0.29, 0.717) is 6.04 Å². The second kappa shape index (κ2) is 6.35. The van der Waals surface area contributed by atoms with Gasteiger partial charge in [0.05, 0.1) is 12.1 Å². The van der Waals surface area contributed by atoms with Crippen LogP contribution in [0, 0.1) is 11.3 Å². The first-order valence-corrected chi connectivity index (χ1v) is 7.68. The molecule has 0 aromatic carbocycles. The van der Waals surface area contributed by atoms with Gasteiger partial charge in [-0.1, -0.05) is 11.8 Å². The Morgan fingerprint density at radius 3 is 2.95 bits per heavy atom. The van der Waals surface area contributed by atoms with Crippen molar-refractivity contribution in [3.63, 3.8) is 0 Å². The summed E-state index contributed by atoms with van der Waals surface area (Å²) in [5.74, 6) is 0.998. The molecular formula is C12H20N6S. The molecule has 0 bridgehead atoms. The van der Waals surface area contributed by atoms with Gasteiger partial charge >= 0.3 is 0 Å². The summed E-state index contributed by atoms with van der Waals surface area (Å²) in [5, 5.41) is 24.9. The molecule has 1 saturated carbocycles. The number of nitriles is 1. The molecule has 0 spiro atoms. The maximum absolute atomic E-state index is 9.05. The minimum Gasteiger partial charge on any atom is -0.303 e. The molecule has 1 unspecified atom stereocenters. The molecule has 6 nitrogen and oxygen atoms in total. The van der Waals surface area contributed by atoms with Crippen LogP contribution in [-0.4, -0.2) is 38.5 Å². The molecule has 1 aromatic heterocycles. The minimum absolute atomic E-state index is 0.403. The van der Waals surface area contributed by atoms with Crippen molar-refractivity contribution in [1.29, 1.82) is 5.26 Å². The number of aromatic nitrogens is 4. The fourth-order valence-electron chi connectivity index (χ4n) is 1.81. The van der Waals surface area contributed by atoms with Crippen molar-refractivity contribution in [1.82, 2.24) is 25.5 Å². The Kier molecular flexibility index (Phi) is 4.77. The lowest BCUT2D eigenvalue weighted by Gasteiger charge is -2.20. The topological polar surface area (TPSA) is 79.4 Å². The van der Waals surface area contributed by atoms with Gasteiger partial charge in [0.1, 0.15) is 5.54 Å². The Morgan fingerprint density at radius 1 is 1.53 bits per heavy atom. The molecule has 1 N–H and O–H groups in total. The van der Waals surface area contributed by atoms with Gasteiger partial charge < -0.3 is 5.32 Å². The molecule has 2 rings (SSSR count). The second-order valence-electron chi connectivity index (χ2n) is 5.14. The summed E-state index contributed by atoms with van der Waals surface area (Å²) in [5.41, 5.74) is -0.403. The van der Waals surface area contributed by atoms with Crippen molar-refractivity contribution in [2.45, 2.75) is 55.8 Å². The average Bonchev–Trinajstić information content (AvgIpc) is 3.18. The maximum Gasteiger partial charge on any atom is 0.209 e. The lowest BCUT2D eigenvalue weighted by Crippen LogP contribution is -2.37. The van der Waals surface area contributed by atoms with Gasteiger partial charge in [-0.15, -0.1) is 5.10 Å². The number of tetrazole rings is 1. The Bertz CT molecular complexity index is 449. The zero-order valence-electron chi connectivity index (χ0n) is 11.5. The summed E-state index contributed by atoms with van der Waals surface area (Å²) >= 11 is 1.71. The van der Waals surface area contributed by atoms with Crippen LogP contribution >= 0.6 is 11.8 Å². The van der Waals surface area contributed by atoms with Gasteiger partial charge in [0.25, 0.3) is 0 Å². The lowest BCUT2D eigenvalue weighted by atomic mass is 9.97. The monoisotopic (exact) mass is 280 g/mol. The van der Waals surface area contributed by atoms with Crippen LogP contribution in [0.3, 0.4) is 0 Å². The van der Waals surface area contributed by atoms with Crippen LogP contribution in [0.1, 0.15) is 45.1 Å². The van der Waals surface area contributed by atoms with Gasteiger partial charge in [0, 0.05) is 5.75 Å². The van der Waals surface area contributed by atoms with Gasteiger partial charge in [-0.3, -0.25) is 0 Å². The van der Waals surface area contributed by atoms with Gasteiger partial charge in [-0.25, -0.2) is 4.68 Å². The van der Waals surface area contributed by atoms with E-state index in [0.717, 1.165) is 30.2 Å². The normalized spacial score (nSPS) is 17.9. The predicted octanol–water partition coefficient (Wildman–Crippen LogP) is 1.77. The van der Waals surface area contributed by atoms with E-state index in [4.69, 9.17) is 5.26 Å². The second-order valence-corrected chi connectivity index (χ2v) is 6.20. The molecule has 1 heterocycles. The van der Waals surface area contributed by atoms with E-state index in [2.05, 4.69) is 26.9 Å². The highest BCUT2D eigenvalue weighted by atomic mass is 32.2. The number of nitrogens with one attached hydrogen (secondary N) is 1. The van der Waals surface area contributed by atoms with Gasteiger partial charge in [-0.05, 0) is 56.5 Å². The van der Waals surface area contributed by atoms with E-state index in [9.17, 15) is 0 Å². The molecule has 0 radical (unpaired) electrons. The van der Waals surface area contributed by atoms with Gasteiger partial charge in [-0.2, -0.15) is 5.26 Å². The van der Waals surface area contributed by atoms with Gasteiger partial charge in [0.15, 0.2) is 0 Å². The summed E-state index contributed by atoms with van der Waals surface area (Å²) in [6, 6.07) is 2.84. The zero-order chi connectivity index (χ0) is 13.7. The molecule has 1 aromatic rings. The van der Waals surface area contributed by atoms with E-state index in [-0.39, 0.29) is 0 Å². The fourth-order valence-corrected chi connectivity index (χ4v) is 2.75. The largest absolute Gasteiger partial charge is 0.303 e. The molecule has 1 atom stereocenters. The highest BCUT2D eigenvalue weighted by Gasteiger charge is 2.27. The van der Waals surface area contributed by atoms with Crippen LogP contribution in [-0.2, 0) is 0 Å². The summed E-state index contributed by atoms with van der Waals surface area (Å²) in [4.78, 5) is 0. The molecule has 0 saturated heterocycles. The lowest BCUT2D eigenvalue weighted by molar-refractivity contribution is 0.439. The van der Waals surface area contributed by atoms with E-state index in [1.54, 1.807) is 11.8 Å². The van der Waals surface area contributed by atoms with Crippen molar-refractivity contribution in [2.24, 2.45) is 0 Å². The smallest absolute Gasteiger partial charge is 0.209 e. The third kappa shape index (κ3) is 3.91. The van der Waals surface area contributed by atoms with Crippen LogP contribution in [0.15, 0.2) is 5.16 Å². The number of hydrogen-bond acceptors (Lipinski definition) is 6. The summed E-state index contributed by atoms with van der Waals surface area (Å²) in [6.45, 7) is 1.94. The van der Waals surface area contributed by atoms with Crippen LogP contribution in [0.5, 0.6) is 0 Å². The standard InChI is InChI=1S/C12H20N6S/c1-12(9-13,14-2)7-3-4-8-19-11-15-16-17-18(11)10-5-6-10/h10,14H,3-8H2,1-2H3. The molecule has 1 aliphatic rings. The van der Waals surface area contributed by atoms with Gasteiger partial charge in [0.2, 0.25) is 5.16 Å². The van der Waals surface area contributed by atoms with E-state index < -0.39 is 5.54 Å². The van der Waals surface area contributed by atoms with Crippen molar-refractivity contribution in [3.8, 4) is 6.07 Å². The van der Waals surface area contributed by atoms with Crippen molar-refractivity contribution in [2.75, 3.05) is 12.8 Å². The SMILES string of the molecule is CNC(C)(C#N)CCCCSc1nnnn1C1CC1. The highest BCUT2D eigenvalue weighted by molar-refractivity contribution is 7.99. The first kappa shape index (κ1) is 14.3. The highest BCUT2D eigenvalue weighted by Crippen LogP contribution is 2.36. The van der Waals surface area contributed by atoms with Crippen LogP contribution in [0.2, 0.25) is 0 Å². The fraction of sp³-hybridized carbons (Fsp3) is 0.833. The van der Waals surface area contributed by atoms with Crippen LogP contribution < -0.4 is 5.32 Å². The molecule has 7 heteroatoms. The van der Waals surface area contributed by atoms with E-state index >= 15 is 0 Å². The Hall–Kier alpha value is -1.13. The Morgan fingerprint density at radius 2 is 2.32 bits per heavy atom. The number of thioether (sulfide) groups is 1. The molecule has 0 amide bonds. The molecule has 1 aliphatic carbocycles. The molecule has 0 aliphatic heterocycles. The minimum atomic E-state index is -0.403. The number of rotatable bonds is 8. The number of nitrogens with zero attached hydrogens (tertiary/aromatic N) is 5. The Balaban J connectivity index is 1.67. The first-order valence-electron chi connectivity index (χ1n) is 6.69. The predicted molar refractivity (Wildman–Crippen MR) is 73.7 cm³/mol. The van der Waals surface area contributed by atoms with Crippen LogP contribution in [0.25, 0.3) is 0 Å². The quantitative estimate of drug-likeness (QED) is 0.577. The zero-order valence-corrected chi connectivity index (χ0v) is 12.3.